The third kappa shape index (κ3) is 3.62. The number of ether oxygens (including phenoxy) is 3. The topological polar surface area (TPSA) is 82.6 Å². The van der Waals surface area contributed by atoms with Gasteiger partial charge in [-0.1, -0.05) is 0 Å². The standard InChI is InChI=1S/C15H15F3N2O5/c1-23-9-5-4-8(12(24-2)13(9)25-3)7-20-11(21)6-10(15(16,17)18)19-14(20)22/h4-6H,7H2,1-3H3,(H,19,22). The molecular formula is C15H15F3N2O5. The summed E-state index contributed by atoms with van der Waals surface area (Å²) in [5.74, 6) is 0.795. The van der Waals surface area contributed by atoms with Gasteiger partial charge in [0.25, 0.3) is 5.56 Å². The van der Waals surface area contributed by atoms with Crippen LogP contribution in [0.25, 0.3) is 0 Å². The molecular weight excluding hydrogens is 345 g/mol. The number of alkyl halides is 3. The lowest BCUT2D eigenvalue weighted by molar-refractivity contribution is -0.141. The molecule has 2 rings (SSSR count). The zero-order chi connectivity index (χ0) is 18.8. The molecule has 0 amide bonds. The summed E-state index contributed by atoms with van der Waals surface area (Å²) < 4.78 is 54.1. The van der Waals surface area contributed by atoms with Crippen LogP contribution in [0.2, 0.25) is 0 Å². The molecule has 1 aromatic carbocycles. The van der Waals surface area contributed by atoms with Crippen molar-refractivity contribution in [3.05, 3.63) is 50.3 Å². The van der Waals surface area contributed by atoms with Crippen LogP contribution in [0, 0.1) is 0 Å². The van der Waals surface area contributed by atoms with Crippen LogP contribution in [0.3, 0.4) is 0 Å². The average molecular weight is 360 g/mol. The van der Waals surface area contributed by atoms with Crippen LogP contribution in [0.4, 0.5) is 13.2 Å². The molecule has 10 heteroatoms. The zero-order valence-electron chi connectivity index (χ0n) is 13.6. The summed E-state index contributed by atoms with van der Waals surface area (Å²) in [6.45, 7) is -0.310. The first kappa shape index (κ1) is 18.4. The monoisotopic (exact) mass is 360 g/mol. The van der Waals surface area contributed by atoms with Crippen LogP contribution in [0.1, 0.15) is 11.3 Å². The van der Waals surface area contributed by atoms with Gasteiger partial charge in [-0.05, 0) is 12.1 Å². The first-order valence-corrected chi connectivity index (χ1v) is 6.92. The summed E-state index contributed by atoms with van der Waals surface area (Å²) in [5.41, 5.74) is -3.32. The number of nitrogens with zero attached hydrogens (tertiary/aromatic N) is 1. The summed E-state index contributed by atoms with van der Waals surface area (Å²) in [6.07, 6.45) is -4.82. The van der Waals surface area contributed by atoms with Crippen molar-refractivity contribution in [3.63, 3.8) is 0 Å². The highest BCUT2D eigenvalue weighted by Gasteiger charge is 2.33. The number of nitrogens with one attached hydrogen (secondary N) is 1. The van der Waals surface area contributed by atoms with Gasteiger partial charge in [0.2, 0.25) is 5.75 Å². The van der Waals surface area contributed by atoms with E-state index in [-0.39, 0.29) is 18.0 Å². The average Bonchev–Trinajstić information content (AvgIpc) is 2.56. The van der Waals surface area contributed by atoms with Gasteiger partial charge in [-0.15, -0.1) is 0 Å². The van der Waals surface area contributed by atoms with Crippen molar-refractivity contribution in [2.75, 3.05) is 21.3 Å². The van der Waals surface area contributed by atoms with Crippen LogP contribution in [-0.2, 0) is 12.7 Å². The van der Waals surface area contributed by atoms with Gasteiger partial charge in [-0.2, -0.15) is 13.2 Å². The molecule has 0 aliphatic heterocycles. The largest absolute Gasteiger partial charge is 0.493 e. The van der Waals surface area contributed by atoms with E-state index in [0.717, 1.165) is 0 Å². The molecule has 0 fully saturated rings. The maximum absolute atomic E-state index is 12.6. The molecule has 0 radical (unpaired) electrons. The lowest BCUT2D eigenvalue weighted by atomic mass is 10.1. The van der Waals surface area contributed by atoms with Gasteiger partial charge in [-0.25, -0.2) is 4.79 Å². The maximum atomic E-state index is 12.6. The fraction of sp³-hybridized carbons (Fsp3) is 0.333. The van der Waals surface area contributed by atoms with E-state index in [2.05, 4.69) is 0 Å². The minimum atomic E-state index is -4.82. The molecule has 0 aliphatic rings. The van der Waals surface area contributed by atoms with Crippen molar-refractivity contribution < 1.29 is 27.4 Å². The Morgan fingerprint density at radius 2 is 1.68 bits per heavy atom. The lowest BCUT2D eigenvalue weighted by Gasteiger charge is -2.16. The van der Waals surface area contributed by atoms with E-state index in [0.29, 0.717) is 21.9 Å². The third-order valence-corrected chi connectivity index (χ3v) is 3.44. The van der Waals surface area contributed by atoms with Crippen molar-refractivity contribution in [2.24, 2.45) is 0 Å². The predicted octanol–water partition coefficient (Wildman–Crippen LogP) is 1.63. The number of hydrogen-bond donors (Lipinski definition) is 1. The van der Waals surface area contributed by atoms with Gasteiger partial charge in [-0.3, -0.25) is 9.36 Å². The van der Waals surface area contributed by atoms with E-state index in [4.69, 9.17) is 14.2 Å². The van der Waals surface area contributed by atoms with Gasteiger partial charge < -0.3 is 19.2 Å². The van der Waals surface area contributed by atoms with E-state index in [1.54, 1.807) is 4.98 Å². The highest BCUT2D eigenvalue weighted by atomic mass is 19.4. The molecule has 0 saturated heterocycles. The predicted molar refractivity (Wildman–Crippen MR) is 81.5 cm³/mol. The quantitative estimate of drug-likeness (QED) is 0.876. The highest BCUT2D eigenvalue weighted by Crippen LogP contribution is 2.39. The number of methoxy groups -OCH3 is 3. The molecule has 0 unspecified atom stereocenters. The van der Waals surface area contributed by atoms with E-state index in [9.17, 15) is 22.8 Å². The Morgan fingerprint density at radius 3 is 2.16 bits per heavy atom. The Morgan fingerprint density at radius 1 is 1.04 bits per heavy atom. The Kier molecular flexibility index (Phi) is 5.10. The molecule has 0 atom stereocenters. The minimum Gasteiger partial charge on any atom is -0.493 e. The summed E-state index contributed by atoms with van der Waals surface area (Å²) in [7, 11) is 4.14. The zero-order valence-corrected chi connectivity index (χ0v) is 13.6. The molecule has 1 aromatic heterocycles. The van der Waals surface area contributed by atoms with Gasteiger partial charge >= 0.3 is 11.9 Å². The normalized spacial score (nSPS) is 11.3. The SMILES string of the molecule is COc1ccc(Cn2c(=O)cc(C(F)(F)F)[nH]c2=O)c(OC)c1OC. The third-order valence-electron chi connectivity index (χ3n) is 3.44. The second kappa shape index (κ2) is 6.91. The first-order valence-electron chi connectivity index (χ1n) is 6.92. The van der Waals surface area contributed by atoms with Gasteiger partial charge in [0.15, 0.2) is 11.5 Å². The second-order valence-corrected chi connectivity index (χ2v) is 4.90. The van der Waals surface area contributed by atoms with Gasteiger partial charge in [0.1, 0.15) is 5.69 Å². The van der Waals surface area contributed by atoms with E-state index in [1.165, 1.54) is 33.5 Å². The van der Waals surface area contributed by atoms with Crippen LogP contribution in [0.5, 0.6) is 17.2 Å². The van der Waals surface area contributed by atoms with Crippen molar-refractivity contribution in [2.45, 2.75) is 12.7 Å². The van der Waals surface area contributed by atoms with Crippen molar-refractivity contribution in [3.8, 4) is 17.2 Å². The first-order chi connectivity index (χ1) is 11.7. The molecule has 1 heterocycles. The number of benzene rings is 1. The fourth-order valence-corrected chi connectivity index (χ4v) is 2.28. The number of aromatic amines is 1. The fourth-order valence-electron chi connectivity index (χ4n) is 2.28. The lowest BCUT2D eigenvalue weighted by Crippen LogP contribution is -2.37. The number of H-pyrrole nitrogens is 1. The van der Waals surface area contributed by atoms with Crippen molar-refractivity contribution in [1.82, 2.24) is 9.55 Å². The Labute approximate surface area is 139 Å². The molecule has 0 spiro atoms. The minimum absolute atomic E-state index is 0.202. The Balaban J connectivity index is 2.54. The van der Waals surface area contributed by atoms with Gasteiger partial charge in [0.05, 0.1) is 27.9 Å². The smallest absolute Gasteiger partial charge is 0.431 e. The van der Waals surface area contributed by atoms with E-state index < -0.39 is 23.1 Å². The van der Waals surface area contributed by atoms with Crippen molar-refractivity contribution >= 4 is 0 Å². The highest BCUT2D eigenvalue weighted by molar-refractivity contribution is 5.55. The molecule has 7 nitrogen and oxygen atoms in total. The van der Waals surface area contributed by atoms with Crippen LogP contribution in [0.15, 0.2) is 27.8 Å². The number of aromatic nitrogens is 2. The molecule has 0 aliphatic carbocycles. The number of halogens is 3. The maximum Gasteiger partial charge on any atom is 0.431 e. The summed E-state index contributed by atoms with van der Waals surface area (Å²) in [4.78, 5) is 25.5. The van der Waals surface area contributed by atoms with E-state index in [1.807, 2.05) is 0 Å². The summed E-state index contributed by atoms with van der Waals surface area (Å²) >= 11 is 0. The summed E-state index contributed by atoms with van der Waals surface area (Å²) in [6, 6.07) is 3.37. The van der Waals surface area contributed by atoms with Gasteiger partial charge in [0, 0.05) is 11.6 Å². The molecule has 2 aromatic rings. The van der Waals surface area contributed by atoms with Crippen LogP contribution >= 0.6 is 0 Å². The summed E-state index contributed by atoms with van der Waals surface area (Å²) in [5, 5.41) is 0. The van der Waals surface area contributed by atoms with E-state index >= 15 is 0 Å². The molecule has 25 heavy (non-hydrogen) atoms. The number of rotatable bonds is 5. The molecule has 1 N–H and O–H groups in total. The number of hydrogen-bond acceptors (Lipinski definition) is 5. The van der Waals surface area contributed by atoms with Crippen molar-refractivity contribution in [1.29, 1.82) is 0 Å². The van der Waals surface area contributed by atoms with Crippen LogP contribution < -0.4 is 25.5 Å². The van der Waals surface area contributed by atoms with Crippen LogP contribution in [-0.4, -0.2) is 30.9 Å². The molecule has 136 valence electrons. The molecule has 0 saturated carbocycles. The Bertz CT molecular complexity index is 855. The second-order valence-electron chi connectivity index (χ2n) is 4.90. The molecule has 0 bridgehead atoms. The Hall–Kier alpha value is -2.91.